The van der Waals surface area contributed by atoms with E-state index in [1.807, 2.05) is 42.5 Å². The number of carbonyl (C=O) groups is 1. The smallest absolute Gasteiger partial charge is 0.267 e. The maximum absolute atomic E-state index is 13.1. The van der Waals surface area contributed by atoms with Crippen LogP contribution < -0.4 is 4.74 Å². The second-order valence-electron chi connectivity index (χ2n) is 7.33. The maximum atomic E-state index is 13.1. The van der Waals surface area contributed by atoms with Crippen LogP contribution in [0.15, 0.2) is 89.4 Å². The van der Waals surface area contributed by atoms with Crippen LogP contribution in [0.4, 0.5) is 5.69 Å². The molecule has 1 aliphatic heterocycles. The number of rotatable bonds is 7. The number of aryl methyl sites for hydroxylation is 1. The van der Waals surface area contributed by atoms with Crippen LogP contribution >= 0.6 is 23.4 Å². The number of para-hydroxylation sites is 1. The first kappa shape index (κ1) is 22.8. The van der Waals surface area contributed by atoms with Gasteiger partial charge in [-0.3, -0.25) is 9.69 Å². The molecule has 0 aliphatic carbocycles. The number of amidine groups is 1. The molecule has 3 aromatic rings. The van der Waals surface area contributed by atoms with E-state index >= 15 is 0 Å². The summed E-state index contributed by atoms with van der Waals surface area (Å²) in [6.07, 6.45) is 5.10. The number of pyridine rings is 1. The summed E-state index contributed by atoms with van der Waals surface area (Å²) in [4.78, 5) is 23.9. The Morgan fingerprint density at radius 2 is 1.94 bits per heavy atom. The van der Waals surface area contributed by atoms with Crippen LogP contribution in [0.5, 0.6) is 5.75 Å². The maximum Gasteiger partial charge on any atom is 0.267 e. The molecule has 1 amide bonds. The van der Waals surface area contributed by atoms with E-state index in [2.05, 4.69) is 35.6 Å². The van der Waals surface area contributed by atoms with E-state index < -0.39 is 0 Å². The van der Waals surface area contributed by atoms with Crippen molar-refractivity contribution in [3.8, 4) is 5.75 Å². The lowest BCUT2D eigenvalue weighted by Crippen LogP contribution is -2.29. The molecule has 0 atom stereocenters. The van der Waals surface area contributed by atoms with Crippen LogP contribution in [0.1, 0.15) is 16.7 Å². The van der Waals surface area contributed by atoms with Crippen molar-refractivity contribution in [3.05, 3.63) is 106 Å². The van der Waals surface area contributed by atoms with Gasteiger partial charge in [0.15, 0.2) is 10.3 Å². The van der Waals surface area contributed by atoms with Gasteiger partial charge in [0.05, 0.1) is 4.91 Å². The second kappa shape index (κ2) is 10.5. The molecule has 166 valence electrons. The monoisotopic (exact) mass is 475 g/mol. The van der Waals surface area contributed by atoms with Gasteiger partial charge in [-0.2, -0.15) is 0 Å². The van der Waals surface area contributed by atoms with Crippen molar-refractivity contribution in [1.82, 2.24) is 9.88 Å². The van der Waals surface area contributed by atoms with Crippen molar-refractivity contribution in [2.75, 3.05) is 6.54 Å². The fraction of sp³-hybridized carbons (Fsp3) is 0.115. The third-order valence-corrected chi connectivity index (χ3v) is 6.17. The van der Waals surface area contributed by atoms with Crippen LogP contribution in [0.2, 0.25) is 5.15 Å². The van der Waals surface area contributed by atoms with Crippen molar-refractivity contribution in [1.29, 1.82) is 0 Å². The summed E-state index contributed by atoms with van der Waals surface area (Å²) in [7, 11) is 0. The van der Waals surface area contributed by atoms with Crippen LogP contribution in [-0.2, 0) is 11.4 Å². The Balaban J connectivity index is 1.61. The van der Waals surface area contributed by atoms with Crippen LogP contribution in [0.25, 0.3) is 6.08 Å². The lowest BCUT2D eigenvalue weighted by molar-refractivity contribution is -0.121. The number of aliphatic imine (C=N–C) groups is 1. The van der Waals surface area contributed by atoms with Gasteiger partial charge in [0.1, 0.15) is 18.0 Å². The lowest BCUT2D eigenvalue weighted by atomic mass is 10.1. The highest BCUT2D eigenvalue weighted by Gasteiger charge is 2.33. The quantitative estimate of drug-likeness (QED) is 0.225. The Morgan fingerprint density at radius 3 is 2.70 bits per heavy atom. The first-order chi connectivity index (χ1) is 16.0. The number of ether oxygens (including phenoxy) is 1. The summed E-state index contributed by atoms with van der Waals surface area (Å²) in [6.45, 7) is 6.60. The molecule has 4 rings (SSSR count). The van der Waals surface area contributed by atoms with E-state index in [1.165, 1.54) is 17.3 Å². The van der Waals surface area contributed by atoms with E-state index in [9.17, 15) is 4.79 Å². The summed E-state index contributed by atoms with van der Waals surface area (Å²) in [5, 5.41) is 0.808. The number of halogens is 1. The molecule has 1 fully saturated rings. The number of hydrogen-bond acceptors (Lipinski definition) is 5. The SMILES string of the molecule is C=CCN1C(=O)/C(=C/c2ccccc2OCc2ccc(C)cc2)SC1=Nc1cccnc1Cl. The van der Waals surface area contributed by atoms with Crippen LogP contribution in [-0.4, -0.2) is 27.5 Å². The number of aromatic nitrogens is 1. The summed E-state index contributed by atoms with van der Waals surface area (Å²) in [5.74, 6) is 0.557. The molecular weight excluding hydrogens is 454 g/mol. The van der Waals surface area contributed by atoms with Crippen molar-refractivity contribution in [2.45, 2.75) is 13.5 Å². The summed E-state index contributed by atoms with van der Waals surface area (Å²) in [6, 6.07) is 19.4. The molecule has 33 heavy (non-hydrogen) atoms. The zero-order valence-corrected chi connectivity index (χ0v) is 19.6. The largest absolute Gasteiger partial charge is 0.488 e. The Hall–Kier alpha value is -3.35. The zero-order chi connectivity index (χ0) is 23.2. The molecular formula is C26H22ClN3O2S. The van der Waals surface area contributed by atoms with Gasteiger partial charge in [-0.25, -0.2) is 9.98 Å². The highest BCUT2D eigenvalue weighted by molar-refractivity contribution is 8.18. The molecule has 2 heterocycles. The molecule has 0 spiro atoms. The molecule has 1 saturated heterocycles. The van der Waals surface area contributed by atoms with E-state index in [0.29, 0.717) is 34.7 Å². The first-order valence-corrected chi connectivity index (χ1v) is 11.5. The lowest BCUT2D eigenvalue weighted by Gasteiger charge is -2.12. The molecule has 0 N–H and O–H groups in total. The number of nitrogens with zero attached hydrogens (tertiary/aromatic N) is 3. The molecule has 2 aromatic carbocycles. The number of amides is 1. The number of benzene rings is 2. The Morgan fingerprint density at radius 1 is 1.15 bits per heavy atom. The van der Waals surface area contributed by atoms with Crippen molar-refractivity contribution in [3.63, 3.8) is 0 Å². The number of carbonyl (C=O) groups excluding carboxylic acids is 1. The van der Waals surface area contributed by atoms with E-state index in [1.54, 1.807) is 29.3 Å². The van der Waals surface area contributed by atoms with E-state index in [4.69, 9.17) is 16.3 Å². The molecule has 0 radical (unpaired) electrons. The van der Waals surface area contributed by atoms with Gasteiger partial charge in [0, 0.05) is 18.3 Å². The van der Waals surface area contributed by atoms with Crippen molar-refractivity contribution >= 4 is 46.2 Å². The second-order valence-corrected chi connectivity index (χ2v) is 8.70. The number of hydrogen-bond donors (Lipinski definition) is 0. The summed E-state index contributed by atoms with van der Waals surface area (Å²) >= 11 is 7.45. The standard InChI is InChI=1S/C26H22ClN3O2S/c1-3-15-30-25(31)23(33-26(30)29-21-8-6-14-28-24(21)27)16-20-7-4-5-9-22(20)32-17-19-12-10-18(2)11-13-19/h3-14,16H,1,15,17H2,2H3/b23-16-,29-26?. The minimum Gasteiger partial charge on any atom is -0.488 e. The molecule has 1 aromatic heterocycles. The highest BCUT2D eigenvalue weighted by atomic mass is 35.5. The zero-order valence-electron chi connectivity index (χ0n) is 18.1. The Bertz CT molecular complexity index is 1240. The van der Waals surface area contributed by atoms with Gasteiger partial charge in [-0.05, 0) is 48.5 Å². The Kier molecular flexibility index (Phi) is 7.27. The van der Waals surface area contributed by atoms with Gasteiger partial charge >= 0.3 is 0 Å². The van der Waals surface area contributed by atoms with Gasteiger partial charge < -0.3 is 4.74 Å². The molecule has 7 heteroatoms. The third-order valence-electron chi connectivity index (χ3n) is 4.88. The topological polar surface area (TPSA) is 54.8 Å². The van der Waals surface area contributed by atoms with E-state index in [-0.39, 0.29) is 11.1 Å². The average molecular weight is 476 g/mol. The Labute approximate surface area is 202 Å². The molecule has 1 aliphatic rings. The van der Waals surface area contributed by atoms with Gasteiger partial charge in [-0.1, -0.05) is 65.7 Å². The molecule has 0 unspecified atom stereocenters. The predicted octanol–water partition coefficient (Wildman–Crippen LogP) is 6.41. The van der Waals surface area contributed by atoms with Crippen molar-refractivity contribution < 1.29 is 9.53 Å². The fourth-order valence-electron chi connectivity index (χ4n) is 3.16. The normalized spacial score (nSPS) is 15.9. The predicted molar refractivity (Wildman–Crippen MR) is 136 cm³/mol. The van der Waals surface area contributed by atoms with Crippen LogP contribution in [0, 0.1) is 6.92 Å². The number of thioether (sulfide) groups is 1. The molecule has 0 bridgehead atoms. The minimum absolute atomic E-state index is 0.146. The van der Waals surface area contributed by atoms with Crippen LogP contribution in [0.3, 0.4) is 0 Å². The first-order valence-electron chi connectivity index (χ1n) is 10.3. The fourth-order valence-corrected chi connectivity index (χ4v) is 4.32. The molecule has 0 saturated carbocycles. The van der Waals surface area contributed by atoms with E-state index in [0.717, 1.165) is 11.1 Å². The van der Waals surface area contributed by atoms with Gasteiger partial charge in [0.25, 0.3) is 5.91 Å². The average Bonchev–Trinajstić information content (AvgIpc) is 3.10. The van der Waals surface area contributed by atoms with Gasteiger partial charge in [-0.15, -0.1) is 6.58 Å². The summed E-state index contributed by atoms with van der Waals surface area (Å²) in [5.41, 5.74) is 3.61. The summed E-state index contributed by atoms with van der Waals surface area (Å²) < 4.78 is 6.07. The van der Waals surface area contributed by atoms with Crippen molar-refractivity contribution in [2.24, 2.45) is 4.99 Å². The highest BCUT2D eigenvalue weighted by Crippen LogP contribution is 2.36. The van der Waals surface area contributed by atoms with Gasteiger partial charge in [0.2, 0.25) is 0 Å². The third kappa shape index (κ3) is 5.53. The molecule has 5 nitrogen and oxygen atoms in total. The minimum atomic E-state index is -0.146.